The summed E-state index contributed by atoms with van der Waals surface area (Å²) < 4.78 is 27.0. The SMILES string of the molecule is Cc1cccc(-c2ccc(-c3cnc(N)cn3)cc2S(=O)(=O)N(C)C)c1. The van der Waals surface area contributed by atoms with Gasteiger partial charge in [-0.25, -0.2) is 17.7 Å². The zero-order valence-corrected chi connectivity index (χ0v) is 15.7. The molecular formula is C19H20N4O2S. The van der Waals surface area contributed by atoms with Crippen molar-refractivity contribution in [3.8, 4) is 22.4 Å². The van der Waals surface area contributed by atoms with Crippen LogP contribution in [0, 0.1) is 6.92 Å². The monoisotopic (exact) mass is 368 g/mol. The van der Waals surface area contributed by atoms with Gasteiger partial charge in [0, 0.05) is 25.2 Å². The lowest BCUT2D eigenvalue weighted by Gasteiger charge is -2.17. The number of anilines is 1. The van der Waals surface area contributed by atoms with Crippen LogP contribution < -0.4 is 5.73 Å². The number of hydrogen-bond acceptors (Lipinski definition) is 5. The standard InChI is InChI=1S/C19H20N4O2S/c1-13-5-4-6-14(9-13)16-8-7-15(17-11-22-19(20)12-21-17)10-18(16)26(24,25)23(2)3/h4-12H,1-3H3,(H2,20,22). The van der Waals surface area contributed by atoms with Gasteiger partial charge in [0.15, 0.2) is 0 Å². The fourth-order valence-corrected chi connectivity index (χ4v) is 3.76. The van der Waals surface area contributed by atoms with Gasteiger partial charge < -0.3 is 5.73 Å². The van der Waals surface area contributed by atoms with Crippen LogP contribution in [0.2, 0.25) is 0 Å². The van der Waals surface area contributed by atoms with E-state index in [-0.39, 0.29) is 4.90 Å². The number of nitrogens with zero attached hydrogens (tertiary/aromatic N) is 3. The summed E-state index contributed by atoms with van der Waals surface area (Å²) in [7, 11) is -0.609. The highest BCUT2D eigenvalue weighted by molar-refractivity contribution is 7.89. The molecule has 0 fully saturated rings. The van der Waals surface area contributed by atoms with E-state index in [4.69, 9.17) is 5.73 Å². The molecule has 1 aromatic heterocycles. The average Bonchev–Trinajstić information content (AvgIpc) is 2.61. The lowest BCUT2D eigenvalue weighted by Crippen LogP contribution is -2.23. The number of hydrogen-bond donors (Lipinski definition) is 1. The molecule has 3 rings (SSSR count). The molecule has 0 spiro atoms. The zero-order chi connectivity index (χ0) is 18.9. The van der Waals surface area contributed by atoms with Crippen LogP contribution in [-0.2, 0) is 10.0 Å². The Labute approximate surface area is 153 Å². The molecule has 0 radical (unpaired) electrons. The van der Waals surface area contributed by atoms with E-state index in [9.17, 15) is 8.42 Å². The van der Waals surface area contributed by atoms with E-state index < -0.39 is 10.0 Å². The molecule has 2 N–H and O–H groups in total. The third kappa shape index (κ3) is 3.44. The first-order valence-electron chi connectivity index (χ1n) is 8.00. The van der Waals surface area contributed by atoms with Crippen molar-refractivity contribution in [2.24, 2.45) is 0 Å². The molecular weight excluding hydrogens is 348 g/mol. The normalized spacial score (nSPS) is 11.7. The lowest BCUT2D eigenvalue weighted by atomic mass is 10.0. The Morgan fingerprint density at radius 2 is 1.73 bits per heavy atom. The molecule has 2 aromatic carbocycles. The Hall–Kier alpha value is -2.77. The smallest absolute Gasteiger partial charge is 0.243 e. The van der Waals surface area contributed by atoms with E-state index in [1.807, 2.05) is 37.3 Å². The summed E-state index contributed by atoms with van der Waals surface area (Å²) in [6.45, 7) is 1.97. The molecule has 134 valence electrons. The second-order valence-corrected chi connectivity index (χ2v) is 8.31. The topological polar surface area (TPSA) is 89.2 Å². The van der Waals surface area contributed by atoms with Crippen molar-refractivity contribution in [2.75, 3.05) is 19.8 Å². The number of nitrogens with two attached hydrogens (primary N) is 1. The van der Waals surface area contributed by atoms with Crippen molar-refractivity contribution in [3.05, 3.63) is 60.4 Å². The molecule has 0 unspecified atom stereocenters. The van der Waals surface area contributed by atoms with Crippen LogP contribution in [0.5, 0.6) is 0 Å². The van der Waals surface area contributed by atoms with Crippen LogP contribution in [0.15, 0.2) is 59.8 Å². The molecule has 0 amide bonds. The molecule has 6 nitrogen and oxygen atoms in total. The fraction of sp³-hybridized carbons (Fsp3) is 0.158. The second-order valence-electron chi connectivity index (χ2n) is 6.19. The third-order valence-electron chi connectivity index (χ3n) is 4.04. The summed E-state index contributed by atoms with van der Waals surface area (Å²) in [4.78, 5) is 8.49. The van der Waals surface area contributed by atoms with Gasteiger partial charge in [0.25, 0.3) is 0 Å². The Bertz CT molecular complexity index is 1050. The number of sulfonamides is 1. The molecule has 0 aliphatic heterocycles. The minimum Gasteiger partial charge on any atom is -0.382 e. The highest BCUT2D eigenvalue weighted by atomic mass is 32.2. The maximum Gasteiger partial charge on any atom is 0.243 e. The van der Waals surface area contributed by atoms with Crippen molar-refractivity contribution < 1.29 is 8.42 Å². The Morgan fingerprint density at radius 3 is 2.35 bits per heavy atom. The van der Waals surface area contributed by atoms with Gasteiger partial charge in [0.2, 0.25) is 10.0 Å². The Morgan fingerprint density at radius 1 is 0.962 bits per heavy atom. The number of benzene rings is 2. The van der Waals surface area contributed by atoms with Gasteiger partial charge in [-0.3, -0.25) is 4.98 Å². The predicted molar refractivity (Wildman–Crippen MR) is 103 cm³/mol. The molecule has 0 bridgehead atoms. The van der Waals surface area contributed by atoms with Crippen molar-refractivity contribution in [2.45, 2.75) is 11.8 Å². The van der Waals surface area contributed by atoms with Gasteiger partial charge in [0.1, 0.15) is 5.82 Å². The van der Waals surface area contributed by atoms with Crippen LogP contribution in [0.3, 0.4) is 0 Å². The first kappa shape index (κ1) is 18.0. The van der Waals surface area contributed by atoms with Gasteiger partial charge in [-0.2, -0.15) is 0 Å². The quantitative estimate of drug-likeness (QED) is 0.765. The number of aromatic nitrogens is 2. The average molecular weight is 368 g/mol. The van der Waals surface area contributed by atoms with Crippen molar-refractivity contribution in [1.29, 1.82) is 0 Å². The molecule has 7 heteroatoms. The predicted octanol–water partition coefficient (Wildman–Crippen LogP) is 2.95. The number of nitrogen functional groups attached to an aromatic ring is 1. The van der Waals surface area contributed by atoms with Crippen molar-refractivity contribution >= 4 is 15.8 Å². The summed E-state index contributed by atoms with van der Waals surface area (Å²) in [5.41, 5.74) is 9.36. The lowest BCUT2D eigenvalue weighted by molar-refractivity contribution is 0.521. The van der Waals surface area contributed by atoms with Crippen LogP contribution in [0.25, 0.3) is 22.4 Å². The largest absolute Gasteiger partial charge is 0.382 e. The summed E-state index contributed by atoms with van der Waals surface area (Å²) in [5, 5.41) is 0. The summed E-state index contributed by atoms with van der Waals surface area (Å²) >= 11 is 0. The van der Waals surface area contributed by atoms with Crippen LogP contribution in [-0.4, -0.2) is 36.8 Å². The minimum atomic E-state index is -3.65. The summed E-state index contributed by atoms with van der Waals surface area (Å²) in [6.07, 6.45) is 2.98. The summed E-state index contributed by atoms with van der Waals surface area (Å²) in [6, 6.07) is 13.0. The molecule has 0 aliphatic rings. The molecule has 3 aromatic rings. The first-order valence-corrected chi connectivity index (χ1v) is 9.44. The molecule has 0 saturated carbocycles. The van der Waals surface area contributed by atoms with Crippen molar-refractivity contribution in [1.82, 2.24) is 14.3 Å². The summed E-state index contributed by atoms with van der Waals surface area (Å²) in [5.74, 6) is 0.311. The van der Waals surface area contributed by atoms with Crippen LogP contribution in [0.1, 0.15) is 5.56 Å². The van der Waals surface area contributed by atoms with Gasteiger partial charge >= 0.3 is 0 Å². The minimum absolute atomic E-state index is 0.226. The van der Waals surface area contributed by atoms with Crippen LogP contribution >= 0.6 is 0 Å². The van der Waals surface area contributed by atoms with E-state index in [0.29, 0.717) is 22.6 Å². The highest BCUT2D eigenvalue weighted by Crippen LogP contribution is 2.32. The Kier molecular flexibility index (Phi) is 4.76. The number of aryl methyl sites for hydroxylation is 1. The Balaban J connectivity index is 2.24. The van der Waals surface area contributed by atoms with E-state index >= 15 is 0 Å². The number of rotatable bonds is 4. The first-order chi connectivity index (χ1) is 12.3. The molecule has 0 atom stereocenters. The molecule has 1 heterocycles. The van der Waals surface area contributed by atoms with Crippen LogP contribution in [0.4, 0.5) is 5.82 Å². The zero-order valence-electron chi connectivity index (χ0n) is 14.8. The van der Waals surface area contributed by atoms with Gasteiger partial charge in [-0.05, 0) is 18.6 Å². The molecule has 0 saturated heterocycles. The van der Waals surface area contributed by atoms with E-state index in [1.165, 1.54) is 30.8 Å². The van der Waals surface area contributed by atoms with E-state index in [0.717, 1.165) is 11.1 Å². The van der Waals surface area contributed by atoms with E-state index in [2.05, 4.69) is 9.97 Å². The fourth-order valence-electron chi connectivity index (χ4n) is 2.63. The maximum absolute atomic E-state index is 12.9. The molecule has 0 aliphatic carbocycles. The highest BCUT2D eigenvalue weighted by Gasteiger charge is 2.23. The molecule has 26 heavy (non-hydrogen) atoms. The van der Waals surface area contributed by atoms with Gasteiger partial charge in [-0.15, -0.1) is 0 Å². The maximum atomic E-state index is 12.9. The third-order valence-corrected chi connectivity index (χ3v) is 5.89. The van der Waals surface area contributed by atoms with Gasteiger partial charge in [0.05, 0.1) is 23.0 Å². The second kappa shape index (κ2) is 6.86. The van der Waals surface area contributed by atoms with Gasteiger partial charge in [-0.1, -0.05) is 42.0 Å². The van der Waals surface area contributed by atoms with Crippen molar-refractivity contribution in [3.63, 3.8) is 0 Å². The van der Waals surface area contributed by atoms with E-state index in [1.54, 1.807) is 12.1 Å².